The Morgan fingerprint density at radius 1 is 0.681 bits per heavy atom. The summed E-state index contributed by atoms with van der Waals surface area (Å²) in [5, 5.41) is 36.7. The third kappa shape index (κ3) is 11.3. The monoisotopic (exact) mass is 683 g/mol. The van der Waals surface area contributed by atoms with Crippen LogP contribution in [0.5, 0.6) is 0 Å². The van der Waals surface area contributed by atoms with Crippen molar-refractivity contribution in [3.63, 3.8) is 0 Å². The van der Waals surface area contributed by atoms with E-state index in [0.717, 1.165) is 27.8 Å². The van der Waals surface area contributed by atoms with Gasteiger partial charge >= 0.3 is 6.02 Å². The zero-order chi connectivity index (χ0) is 34.5. The summed E-state index contributed by atoms with van der Waals surface area (Å²) in [7, 11) is 0. The molecule has 47 heavy (non-hydrogen) atoms. The molecule has 0 radical (unpaired) electrons. The molecule has 0 aliphatic carbocycles. The van der Waals surface area contributed by atoms with Gasteiger partial charge in [0.2, 0.25) is 6.19 Å². The maximum atomic E-state index is 8.96. The summed E-state index contributed by atoms with van der Waals surface area (Å²) in [6.45, 7) is 22.2. The molecule has 0 N–H and O–H groups in total. The van der Waals surface area contributed by atoms with Crippen molar-refractivity contribution in [1.82, 2.24) is 14.7 Å². The summed E-state index contributed by atoms with van der Waals surface area (Å²) < 4.78 is 5.88. The molecule has 3 aliphatic rings. The van der Waals surface area contributed by atoms with Crippen LogP contribution in [-0.4, -0.2) is 117 Å². The Hall–Kier alpha value is -3.58. The largest absolute Gasteiger partial charge is 0.455 e. The average Bonchev–Trinajstić information content (AvgIpc) is 3.72. The summed E-state index contributed by atoms with van der Waals surface area (Å²) in [5.74, 6) is 4.37. The lowest BCUT2D eigenvalue weighted by molar-refractivity contribution is 0.347. The topological polar surface area (TPSA) is 154 Å². The predicted molar refractivity (Wildman–Crippen MR) is 200 cm³/mol. The summed E-state index contributed by atoms with van der Waals surface area (Å²) in [4.78, 5) is 19.7. The molecule has 0 saturated carbocycles. The van der Waals surface area contributed by atoms with Crippen LogP contribution in [-0.2, 0) is 4.74 Å². The van der Waals surface area contributed by atoms with E-state index in [-0.39, 0.29) is 30.0 Å². The SMILES string of the molecule is CC(C)/C=N/N=C1\SCC(=NCC(C)/C=N/N=C2\OCC(=NCC(C)/C=N/N=C3\SCC(=NC#N)N3C(C)C)N2C(C)C)N1C(C)C. The van der Waals surface area contributed by atoms with Gasteiger partial charge in [0.25, 0.3) is 0 Å². The van der Waals surface area contributed by atoms with Crippen molar-refractivity contribution in [2.75, 3.05) is 31.2 Å². The van der Waals surface area contributed by atoms with Crippen LogP contribution in [0.15, 0.2) is 45.6 Å². The summed E-state index contributed by atoms with van der Waals surface area (Å²) in [5.41, 5.74) is 0. The predicted octanol–water partition coefficient (Wildman–Crippen LogP) is 5.27. The van der Waals surface area contributed by atoms with Crippen molar-refractivity contribution in [2.24, 2.45) is 63.3 Å². The Labute approximate surface area is 288 Å². The van der Waals surface area contributed by atoms with Crippen LogP contribution in [0.25, 0.3) is 0 Å². The molecule has 0 amide bonds. The average molecular weight is 684 g/mol. The van der Waals surface area contributed by atoms with Gasteiger partial charge in [-0.25, -0.2) is 0 Å². The lowest BCUT2D eigenvalue weighted by Gasteiger charge is -2.22. The smallest absolute Gasteiger partial charge is 0.317 e. The van der Waals surface area contributed by atoms with Gasteiger partial charge in [-0.3, -0.25) is 14.9 Å². The number of amidine groups is 6. The van der Waals surface area contributed by atoms with E-state index in [9.17, 15) is 0 Å². The van der Waals surface area contributed by atoms with E-state index >= 15 is 0 Å². The van der Waals surface area contributed by atoms with E-state index in [1.807, 2.05) is 43.0 Å². The van der Waals surface area contributed by atoms with Gasteiger partial charge in [-0.2, -0.15) is 25.6 Å². The van der Waals surface area contributed by atoms with Crippen molar-refractivity contribution in [3.8, 4) is 6.19 Å². The molecule has 2 atom stereocenters. The molecular weight excluding hydrogens is 635 g/mol. The van der Waals surface area contributed by atoms with Gasteiger partial charge in [-0.15, -0.1) is 10.2 Å². The van der Waals surface area contributed by atoms with Crippen LogP contribution in [0.2, 0.25) is 0 Å². The van der Waals surface area contributed by atoms with Crippen molar-refractivity contribution in [2.45, 2.75) is 87.4 Å². The van der Waals surface area contributed by atoms with E-state index in [4.69, 9.17) is 20.0 Å². The van der Waals surface area contributed by atoms with Crippen molar-refractivity contribution in [3.05, 3.63) is 0 Å². The van der Waals surface area contributed by atoms with Gasteiger partial charge in [0.15, 0.2) is 10.3 Å². The fourth-order valence-corrected chi connectivity index (χ4v) is 6.58. The van der Waals surface area contributed by atoms with Gasteiger partial charge in [-0.05, 0) is 47.5 Å². The second-order valence-corrected chi connectivity index (χ2v) is 14.4. The van der Waals surface area contributed by atoms with Gasteiger partial charge in [0.1, 0.15) is 24.1 Å². The first-order chi connectivity index (χ1) is 22.4. The number of thioether (sulfide) groups is 2. The van der Waals surface area contributed by atoms with E-state index in [2.05, 4.69) is 89.0 Å². The van der Waals surface area contributed by atoms with Crippen LogP contribution in [0.3, 0.4) is 0 Å². The maximum Gasteiger partial charge on any atom is 0.317 e. The lowest BCUT2D eigenvalue weighted by Crippen LogP contribution is -2.36. The van der Waals surface area contributed by atoms with Crippen LogP contribution < -0.4 is 0 Å². The first-order valence-corrected chi connectivity index (χ1v) is 18.0. The molecule has 0 aromatic rings. The molecule has 3 aliphatic heterocycles. The number of aliphatic imine (C=N–C) groups is 3. The van der Waals surface area contributed by atoms with Gasteiger partial charge in [-0.1, -0.05) is 56.3 Å². The Morgan fingerprint density at radius 3 is 1.70 bits per heavy atom. The Bertz CT molecular complexity index is 1390. The van der Waals surface area contributed by atoms with E-state index in [0.29, 0.717) is 43.2 Å². The second-order valence-electron chi connectivity index (χ2n) is 12.5. The fourth-order valence-electron chi connectivity index (χ4n) is 4.51. The molecular formula is C31H49N13OS2. The standard InChI is InChI=1S/C31H49N13OS2/c1-20(2)11-36-40-30-43(22(5)6)27(17-46-30)34-13-25(10)14-37-39-29-42(21(3)4)26(16-45-29)33-12-24(9)15-38-41-31-44(23(7)8)28(18-47-31)35-19-32/h11,14-15,20-25H,12-13,16-18H2,1-10H3/b33-26?,34-27?,35-28?,36-11+,37-14+,38-15+,39-29-,40-30-,41-31-. The highest BCUT2D eigenvalue weighted by atomic mass is 32.2. The number of hydrogen-bond donors (Lipinski definition) is 0. The van der Waals surface area contributed by atoms with Crippen molar-refractivity contribution in [1.29, 1.82) is 5.26 Å². The summed E-state index contributed by atoms with van der Waals surface area (Å²) in [6.07, 6.45) is 7.31. The van der Waals surface area contributed by atoms with Crippen molar-refractivity contribution >= 4 is 76.0 Å². The normalized spacial score (nSPS) is 24.3. The quantitative estimate of drug-likeness (QED) is 0.146. The lowest BCUT2D eigenvalue weighted by atomic mass is 10.2. The molecule has 3 saturated heterocycles. The molecule has 3 heterocycles. The third-order valence-corrected chi connectivity index (χ3v) is 8.61. The first-order valence-electron chi connectivity index (χ1n) is 16.0. The number of nitrogens with zero attached hydrogens (tertiary/aromatic N) is 13. The molecule has 0 aromatic carbocycles. The zero-order valence-electron chi connectivity index (χ0n) is 29.3. The van der Waals surface area contributed by atoms with E-state index in [1.165, 1.54) is 11.8 Å². The molecule has 3 fully saturated rings. The maximum absolute atomic E-state index is 8.96. The molecule has 14 nitrogen and oxygen atoms in total. The van der Waals surface area contributed by atoms with Crippen LogP contribution in [0.4, 0.5) is 0 Å². The number of hydrogen-bond acceptors (Lipinski definition) is 13. The fraction of sp³-hybridized carbons (Fsp3) is 0.677. The third-order valence-electron chi connectivity index (χ3n) is 6.73. The molecule has 2 unspecified atom stereocenters. The van der Waals surface area contributed by atoms with E-state index < -0.39 is 0 Å². The van der Waals surface area contributed by atoms with Gasteiger partial charge in [0, 0.05) is 61.7 Å². The minimum Gasteiger partial charge on any atom is -0.455 e. The highest BCUT2D eigenvalue weighted by Crippen LogP contribution is 2.24. The molecule has 256 valence electrons. The van der Waals surface area contributed by atoms with Gasteiger partial charge < -0.3 is 14.5 Å². The van der Waals surface area contributed by atoms with Crippen LogP contribution >= 0.6 is 23.5 Å². The molecule has 0 aromatic heterocycles. The zero-order valence-corrected chi connectivity index (χ0v) is 30.9. The number of nitriles is 1. The van der Waals surface area contributed by atoms with Crippen LogP contribution in [0.1, 0.15) is 69.2 Å². The number of ether oxygens (including phenoxy) is 1. The Morgan fingerprint density at radius 2 is 1.17 bits per heavy atom. The highest BCUT2D eigenvalue weighted by Gasteiger charge is 2.31. The molecule has 0 bridgehead atoms. The number of rotatable bonds is 13. The minimum absolute atomic E-state index is 0.0495. The molecule has 0 spiro atoms. The molecule has 3 rings (SSSR count). The summed E-state index contributed by atoms with van der Waals surface area (Å²) in [6, 6.07) is 0.898. The Kier molecular flexibility index (Phi) is 15.1. The van der Waals surface area contributed by atoms with E-state index in [1.54, 1.807) is 24.2 Å². The first kappa shape index (κ1) is 37.9. The summed E-state index contributed by atoms with van der Waals surface area (Å²) >= 11 is 3.18. The van der Waals surface area contributed by atoms with Crippen molar-refractivity contribution < 1.29 is 4.74 Å². The van der Waals surface area contributed by atoms with Gasteiger partial charge in [0.05, 0.1) is 11.5 Å². The second kappa shape index (κ2) is 18.7. The molecule has 16 heteroatoms. The highest BCUT2D eigenvalue weighted by molar-refractivity contribution is 8.15. The minimum atomic E-state index is 0.0495. The van der Waals surface area contributed by atoms with Crippen LogP contribution in [0, 0.1) is 29.2 Å². The Balaban J connectivity index is 1.58.